The minimum absolute atomic E-state index is 0.0540. The monoisotopic (exact) mass is 1600 g/mol. The van der Waals surface area contributed by atoms with Crippen molar-refractivity contribution < 1.29 is 99.2 Å². The molecule has 6 aromatic rings. The zero-order valence-electron chi connectivity index (χ0n) is 63.0. The number of carbonyl (C=O) groups is 7. The lowest BCUT2D eigenvalue weighted by molar-refractivity contribution is -0.123. The van der Waals surface area contributed by atoms with Gasteiger partial charge in [0.05, 0.1) is 55.7 Å². The molecule has 0 spiro atoms. The number of carbonyl (C=O) groups excluding carboxylic acids is 6. The summed E-state index contributed by atoms with van der Waals surface area (Å²) in [6.07, 6.45) is 9.15. The van der Waals surface area contributed by atoms with Crippen molar-refractivity contribution in [2.45, 2.75) is 118 Å². The number of fused-ring (bicyclic) bond motifs is 6. The van der Waals surface area contributed by atoms with E-state index in [2.05, 4.69) is 51.8 Å². The molecular weight excluding hydrogens is 1510 g/mol. The van der Waals surface area contributed by atoms with E-state index in [1.165, 1.54) is 39.1 Å². The largest absolute Gasteiger partial charge is 0.492 e. The molecule has 10 heterocycles. The van der Waals surface area contributed by atoms with Crippen molar-refractivity contribution in [3.05, 3.63) is 118 Å². The Morgan fingerprint density at radius 1 is 0.496 bits per heavy atom. The number of amides is 6. The van der Waals surface area contributed by atoms with Crippen LogP contribution in [0.1, 0.15) is 78.3 Å². The number of nitrogens with zero attached hydrogens (tertiary/aromatic N) is 7. The fraction of sp³-hybridized carbons (Fsp3) is 0.500. The van der Waals surface area contributed by atoms with Crippen molar-refractivity contribution in [1.29, 1.82) is 0 Å². The molecule has 37 heteroatoms. The lowest BCUT2D eigenvalue weighted by Gasteiger charge is -2.37. The molecule has 115 heavy (non-hydrogen) atoms. The van der Waals surface area contributed by atoms with Crippen LogP contribution in [0.25, 0.3) is 0 Å². The minimum Gasteiger partial charge on any atom is -0.492 e. The summed E-state index contributed by atoms with van der Waals surface area (Å²) in [6.45, 7) is 6.79. The molecule has 5 aliphatic carbocycles. The Morgan fingerprint density at radius 3 is 1.23 bits per heavy atom. The fourth-order valence-corrected chi connectivity index (χ4v) is 15.1. The van der Waals surface area contributed by atoms with Gasteiger partial charge in [0.15, 0.2) is 54.6 Å². The SMILES string of the molecule is NC1(COc2cc(F)c3c(c2)CC(CNCCC2CN(c4ccc5c(n4)NC(=O)CO5)C(=O)O2)C3)CC1.NC1(COc2cc(F)c3c(c2)CC(CNCCC2CN(c4ccc5c(n4)NC(=O)CO5)C(=O)O2)C3)COC1.NC1(COc2cc(F)c3c(c2)CC(CNCCC2CN(c4cnc5c(n4)NC(=O)CO5)C(=O)O2)C3)CC1.O=CO. The summed E-state index contributed by atoms with van der Waals surface area (Å²) in [5.41, 5.74) is 22.5. The van der Waals surface area contributed by atoms with Gasteiger partial charge in [-0.2, -0.15) is 0 Å². The third-order valence-electron chi connectivity index (χ3n) is 21.9. The predicted molar refractivity (Wildman–Crippen MR) is 405 cm³/mol. The van der Waals surface area contributed by atoms with Gasteiger partial charge in [0.25, 0.3) is 30.1 Å². The lowest BCUT2D eigenvalue weighted by Crippen LogP contribution is -2.61. The third-order valence-corrected chi connectivity index (χ3v) is 21.9. The van der Waals surface area contributed by atoms with Gasteiger partial charge in [0.1, 0.15) is 84.5 Å². The number of cyclic esters (lactones) is 3. The van der Waals surface area contributed by atoms with Crippen LogP contribution in [0.15, 0.2) is 66.9 Å². The summed E-state index contributed by atoms with van der Waals surface area (Å²) in [6, 6.07) is 16.9. The zero-order chi connectivity index (χ0) is 80.1. The van der Waals surface area contributed by atoms with Crippen molar-refractivity contribution >= 4 is 77.4 Å². The van der Waals surface area contributed by atoms with Crippen molar-refractivity contribution in [3.63, 3.8) is 0 Å². The van der Waals surface area contributed by atoms with Crippen LogP contribution in [0, 0.1) is 35.2 Å². The highest BCUT2D eigenvalue weighted by Gasteiger charge is 2.43. The summed E-state index contributed by atoms with van der Waals surface area (Å²) in [4.78, 5) is 102. The number of pyridine rings is 2. The van der Waals surface area contributed by atoms with Crippen LogP contribution in [-0.2, 0) is 76.7 Å². The van der Waals surface area contributed by atoms with E-state index < -0.39 is 23.8 Å². The smallest absolute Gasteiger partial charge is 0.415 e. The maximum atomic E-state index is 14.7. The fourth-order valence-electron chi connectivity index (χ4n) is 15.1. The first-order chi connectivity index (χ1) is 55.5. The number of rotatable bonds is 27. The Hall–Kier alpha value is -11.0. The first-order valence-corrected chi connectivity index (χ1v) is 38.6. The van der Waals surface area contributed by atoms with Crippen LogP contribution < -0.4 is 92.2 Å². The molecule has 12 aliphatic rings. The summed E-state index contributed by atoms with van der Waals surface area (Å²) in [5, 5.41) is 25.0. The van der Waals surface area contributed by atoms with Gasteiger partial charge in [-0.3, -0.25) is 33.9 Å². The molecule has 6 amide bonds. The van der Waals surface area contributed by atoms with Gasteiger partial charge in [-0.05, 0) is 216 Å². The van der Waals surface area contributed by atoms with E-state index in [4.69, 9.17) is 74.5 Å². The van der Waals surface area contributed by atoms with E-state index in [9.17, 15) is 41.9 Å². The van der Waals surface area contributed by atoms with Crippen molar-refractivity contribution in [3.8, 4) is 34.6 Å². The van der Waals surface area contributed by atoms with Gasteiger partial charge in [0, 0.05) is 18.2 Å². The molecular formula is C78H91F3N16O18. The Morgan fingerprint density at radius 2 is 0.852 bits per heavy atom. The van der Waals surface area contributed by atoms with Gasteiger partial charge in [-0.15, -0.1) is 0 Å². The first-order valence-electron chi connectivity index (χ1n) is 38.6. The number of ether oxygens (including phenoxy) is 10. The van der Waals surface area contributed by atoms with Crippen molar-refractivity contribution in [2.75, 3.05) is 142 Å². The maximum absolute atomic E-state index is 14.7. The third kappa shape index (κ3) is 19.5. The van der Waals surface area contributed by atoms with Crippen LogP contribution in [0.2, 0.25) is 0 Å². The van der Waals surface area contributed by atoms with Crippen molar-refractivity contribution in [2.24, 2.45) is 35.0 Å². The van der Waals surface area contributed by atoms with Crippen LogP contribution >= 0.6 is 0 Å². The average molecular weight is 1600 g/mol. The van der Waals surface area contributed by atoms with E-state index in [-0.39, 0.29) is 120 Å². The maximum Gasteiger partial charge on any atom is 0.415 e. The number of anilines is 6. The number of nitrogens with two attached hydrogens (primary N) is 3. The molecule has 4 saturated heterocycles. The number of nitrogens with one attached hydrogen (secondary N) is 6. The number of hydrogen-bond donors (Lipinski definition) is 10. The van der Waals surface area contributed by atoms with Gasteiger partial charge >= 0.3 is 18.3 Å². The van der Waals surface area contributed by atoms with Crippen LogP contribution in [0.5, 0.6) is 34.6 Å². The van der Waals surface area contributed by atoms with E-state index in [1.54, 1.807) is 24.3 Å². The number of hydrogen-bond acceptors (Lipinski definition) is 27. The molecule has 7 aliphatic heterocycles. The van der Waals surface area contributed by atoms with Crippen molar-refractivity contribution in [1.82, 2.24) is 35.9 Å². The number of halogens is 3. The zero-order valence-corrected chi connectivity index (χ0v) is 63.0. The number of carboxylic acid groups (broad SMARTS) is 1. The Balaban J connectivity index is 0.000000133. The number of aromatic nitrogens is 4. The molecule has 612 valence electrons. The standard InChI is InChI=1S/C26H30FN5O6.C26H30FN5O5.C25H29FN6O5.CH2O2/c27-20-8-18(37-14-26(28)12-35-13-26)7-16-5-15(6-19(16)20)9-29-4-3-17-10-32(25(34)38-17)22-2-1-21-24(30-22)31-23(33)11-36-21;27-20-10-18(36-14-26(28)4-5-26)9-16-7-15(8-19(16)20)11-29-6-3-17-12-32(25(34)37-17)22-2-1-21-24(30-22)31-23(33)13-35-21;26-19-8-17(36-13-25(27)2-3-25)7-15-5-14(6-18(15)19)9-28-4-1-16-11-32(24(34)37-16)20-10-29-23-22(30-20)31-21(33)12-35-23;2-1-3/h1-2,7-8,15,17,29H,3-6,9-14,28H2,(H,30,31,33);1-2,9-10,15,17,29H,3-8,11-14,28H2,(H,30,31,33);7-8,10,14,16,28H,1-6,9,11-13,27H2,(H,30,31,33);1H,(H,2,3). The summed E-state index contributed by atoms with van der Waals surface area (Å²) in [7, 11) is 0. The molecule has 6 fully saturated rings. The van der Waals surface area contributed by atoms with Crippen LogP contribution in [0.4, 0.5) is 62.5 Å². The molecule has 2 saturated carbocycles. The average Bonchev–Trinajstić information content (AvgIpc) is 1.56. The Labute approximate surface area is 657 Å². The number of benzene rings is 3. The van der Waals surface area contributed by atoms with E-state index >= 15 is 0 Å². The molecule has 0 radical (unpaired) electrons. The molecule has 0 bridgehead atoms. The van der Waals surface area contributed by atoms with E-state index in [0.29, 0.717) is 169 Å². The van der Waals surface area contributed by atoms with E-state index in [0.717, 1.165) is 98.0 Å². The highest BCUT2D eigenvalue weighted by Crippen LogP contribution is 2.40. The van der Waals surface area contributed by atoms with Gasteiger partial charge < -0.3 is 102 Å². The quantitative estimate of drug-likeness (QED) is 0.0189. The minimum atomic E-state index is -0.510. The topological polar surface area (TPSA) is 444 Å². The normalized spacial score (nSPS) is 22.6. The lowest BCUT2D eigenvalue weighted by atomic mass is 10.0. The van der Waals surface area contributed by atoms with E-state index in [1.807, 2.05) is 18.2 Å². The van der Waals surface area contributed by atoms with Gasteiger partial charge in [-0.25, -0.2) is 47.5 Å². The predicted octanol–water partition coefficient (Wildman–Crippen LogP) is 4.76. The first kappa shape index (κ1) is 79.3. The van der Waals surface area contributed by atoms with Gasteiger partial charge in [-0.1, -0.05) is 0 Å². The molecule has 13 N–H and O–H groups in total. The van der Waals surface area contributed by atoms with Gasteiger partial charge in [0.2, 0.25) is 0 Å². The summed E-state index contributed by atoms with van der Waals surface area (Å²) < 4.78 is 98.8. The highest BCUT2D eigenvalue weighted by molar-refractivity contribution is 5.97. The molecule has 6 unspecified atom stereocenters. The Kier molecular flexibility index (Phi) is 23.6. The summed E-state index contributed by atoms with van der Waals surface area (Å²) in [5.74, 6) is 3.90. The molecule has 18 rings (SSSR count). The highest BCUT2D eigenvalue weighted by atomic mass is 19.1. The molecule has 34 nitrogen and oxygen atoms in total. The second kappa shape index (κ2) is 34.2. The molecule has 6 atom stereocenters. The second-order valence-corrected chi connectivity index (χ2v) is 31.3. The van der Waals surface area contributed by atoms with Crippen LogP contribution in [-0.4, -0.2) is 214 Å². The van der Waals surface area contributed by atoms with Crippen LogP contribution in [0.3, 0.4) is 0 Å². The molecule has 3 aromatic heterocycles. The summed E-state index contributed by atoms with van der Waals surface area (Å²) >= 11 is 0. The second-order valence-electron chi connectivity index (χ2n) is 31.3. The Bertz CT molecular complexity index is 4500. The molecule has 3 aromatic carbocycles.